The highest BCUT2D eigenvalue weighted by Gasteiger charge is 2.52. The smallest absolute Gasteiger partial charge is 0.418 e. The first-order valence-corrected chi connectivity index (χ1v) is 19.0. The minimum atomic E-state index is -1.19. The van der Waals surface area contributed by atoms with Crippen molar-refractivity contribution in [1.82, 2.24) is 0 Å². The Kier molecular flexibility index (Phi) is 10.3. The topological polar surface area (TPSA) is 52.6 Å². The monoisotopic (exact) mass is 658 g/mol. The molecule has 6 rings (SSSR count). The van der Waals surface area contributed by atoms with Crippen molar-refractivity contribution in [3.05, 3.63) is 144 Å². The zero-order chi connectivity index (χ0) is 30.2. The Morgan fingerprint density at radius 3 is 0.955 bits per heavy atom. The Balaban J connectivity index is 1.43. The van der Waals surface area contributed by atoms with Gasteiger partial charge in [0.25, 0.3) is 0 Å². The molecule has 0 spiro atoms. The number of hydrogen-bond acceptors (Lipinski definition) is 8. The summed E-state index contributed by atoms with van der Waals surface area (Å²) in [4.78, 5) is 28.5. The highest BCUT2D eigenvalue weighted by Crippen LogP contribution is 2.51. The lowest BCUT2D eigenvalue weighted by Gasteiger charge is -2.43. The molecule has 0 radical (unpaired) electrons. The maximum absolute atomic E-state index is 14.2. The molecule has 44 heavy (non-hydrogen) atoms. The van der Waals surface area contributed by atoms with E-state index in [0.717, 1.165) is 58.1 Å². The van der Waals surface area contributed by atoms with Crippen molar-refractivity contribution >= 4 is 59.0 Å². The lowest BCUT2D eigenvalue weighted by molar-refractivity contribution is -0.181. The predicted octanol–water partition coefficient (Wildman–Crippen LogP) is 8.35. The number of thioether (sulfide) groups is 4. The largest absolute Gasteiger partial charge is 0.439 e. The zero-order valence-corrected chi connectivity index (χ0v) is 27.5. The van der Waals surface area contributed by atoms with Gasteiger partial charge in [-0.2, -0.15) is 0 Å². The highest BCUT2D eigenvalue weighted by molar-refractivity contribution is 8.18. The molecule has 226 valence electrons. The van der Waals surface area contributed by atoms with E-state index in [1.165, 1.54) is 0 Å². The SMILES string of the molecule is O=C(OC(c1ccccc1)(c1ccccc1)C1SCCCS1)C(=O)OC(c1ccccc1)(c1ccccc1)C1SCCCS1. The van der Waals surface area contributed by atoms with Gasteiger partial charge in [-0.05, 0) is 35.9 Å². The van der Waals surface area contributed by atoms with Gasteiger partial charge >= 0.3 is 11.9 Å². The van der Waals surface area contributed by atoms with E-state index >= 15 is 0 Å². The molecule has 4 aromatic carbocycles. The van der Waals surface area contributed by atoms with Crippen molar-refractivity contribution < 1.29 is 19.1 Å². The van der Waals surface area contributed by atoms with E-state index in [0.29, 0.717) is 0 Å². The molecule has 0 atom stereocenters. The molecule has 4 nitrogen and oxygen atoms in total. The maximum atomic E-state index is 14.2. The molecule has 2 fully saturated rings. The molecular weight excluding hydrogens is 625 g/mol. The van der Waals surface area contributed by atoms with Crippen LogP contribution in [-0.2, 0) is 30.3 Å². The van der Waals surface area contributed by atoms with Crippen LogP contribution >= 0.6 is 47.0 Å². The van der Waals surface area contributed by atoms with E-state index in [4.69, 9.17) is 9.47 Å². The summed E-state index contributed by atoms with van der Waals surface area (Å²) in [5.74, 6) is 1.80. The molecule has 2 saturated heterocycles. The van der Waals surface area contributed by atoms with Crippen LogP contribution in [0.25, 0.3) is 0 Å². The van der Waals surface area contributed by atoms with E-state index in [9.17, 15) is 9.59 Å². The Hall–Kier alpha value is -2.78. The Labute approximate surface area is 276 Å². The van der Waals surface area contributed by atoms with Crippen LogP contribution in [0.5, 0.6) is 0 Å². The number of esters is 2. The van der Waals surface area contributed by atoms with Crippen LogP contribution in [-0.4, -0.2) is 44.1 Å². The third kappa shape index (κ3) is 6.32. The Morgan fingerprint density at radius 2 is 0.705 bits per heavy atom. The fourth-order valence-electron chi connectivity index (χ4n) is 5.77. The van der Waals surface area contributed by atoms with Gasteiger partial charge in [0.05, 0.1) is 9.16 Å². The van der Waals surface area contributed by atoms with Crippen LogP contribution in [0.15, 0.2) is 121 Å². The summed E-state index contributed by atoms with van der Waals surface area (Å²) in [6.07, 6.45) is 2.16. The second-order valence-corrected chi connectivity index (χ2v) is 16.0. The molecule has 0 bridgehead atoms. The van der Waals surface area contributed by atoms with E-state index < -0.39 is 23.1 Å². The number of carbonyl (C=O) groups is 2. The lowest BCUT2D eigenvalue weighted by Crippen LogP contribution is -2.48. The van der Waals surface area contributed by atoms with E-state index in [1.807, 2.05) is 121 Å². The molecule has 2 aliphatic rings. The molecule has 4 aromatic rings. The molecule has 0 amide bonds. The molecule has 2 heterocycles. The van der Waals surface area contributed by atoms with Crippen molar-refractivity contribution in [1.29, 1.82) is 0 Å². The van der Waals surface area contributed by atoms with Gasteiger partial charge in [-0.15, -0.1) is 47.0 Å². The number of carbonyl (C=O) groups excluding carboxylic acids is 2. The predicted molar refractivity (Wildman–Crippen MR) is 186 cm³/mol. The lowest BCUT2D eigenvalue weighted by atomic mass is 9.87. The summed E-state index contributed by atoms with van der Waals surface area (Å²) < 4.78 is 12.8. The van der Waals surface area contributed by atoms with E-state index in [2.05, 4.69) is 0 Å². The van der Waals surface area contributed by atoms with Crippen molar-refractivity contribution in [2.75, 3.05) is 23.0 Å². The standard InChI is InChI=1S/C36H34O4S4/c37-31(39-35(27-15-5-1-6-16-27,28-17-7-2-8-18-28)33-41-23-13-24-42-33)32(38)40-36(29-19-9-3-10-20-29,30-21-11-4-12-22-30)34-43-25-14-26-44-34/h1-12,15-22,33-34H,13-14,23-26H2. The van der Waals surface area contributed by atoms with E-state index in [1.54, 1.807) is 47.0 Å². The van der Waals surface area contributed by atoms with Gasteiger partial charge in [0.15, 0.2) is 11.2 Å². The number of rotatable bonds is 8. The highest BCUT2D eigenvalue weighted by atomic mass is 32.2. The average molecular weight is 659 g/mol. The fraction of sp³-hybridized carbons (Fsp3) is 0.278. The summed E-state index contributed by atoms with van der Waals surface area (Å²) in [7, 11) is 0. The number of benzene rings is 4. The van der Waals surface area contributed by atoms with Gasteiger partial charge in [0.1, 0.15) is 0 Å². The normalized spacial score (nSPS) is 16.6. The van der Waals surface area contributed by atoms with Gasteiger partial charge in [-0.25, -0.2) is 9.59 Å². The Bertz CT molecular complexity index is 1310. The van der Waals surface area contributed by atoms with Gasteiger partial charge in [0, 0.05) is 22.3 Å². The summed E-state index contributed by atoms with van der Waals surface area (Å²) in [6.45, 7) is 0. The third-order valence-corrected chi connectivity index (χ3v) is 14.1. The average Bonchev–Trinajstić information content (AvgIpc) is 3.11. The van der Waals surface area contributed by atoms with Crippen molar-refractivity contribution in [3.8, 4) is 0 Å². The molecular formula is C36H34O4S4. The number of hydrogen-bond donors (Lipinski definition) is 0. The molecule has 0 saturated carbocycles. The molecule has 0 N–H and O–H groups in total. The van der Waals surface area contributed by atoms with E-state index in [-0.39, 0.29) is 9.16 Å². The first-order chi connectivity index (χ1) is 21.6. The molecule has 2 aliphatic heterocycles. The van der Waals surface area contributed by atoms with Crippen molar-refractivity contribution in [3.63, 3.8) is 0 Å². The van der Waals surface area contributed by atoms with Gasteiger partial charge in [-0.3, -0.25) is 0 Å². The van der Waals surface area contributed by atoms with Crippen LogP contribution in [0.1, 0.15) is 35.1 Å². The molecule has 0 unspecified atom stereocenters. The van der Waals surface area contributed by atoms with Crippen molar-refractivity contribution in [2.24, 2.45) is 0 Å². The quantitative estimate of drug-likeness (QED) is 0.138. The summed E-state index contributed by atoms with van der Waals surface area (Å²) >= 11 is 7.08. The molecule has 0 aliphatic carbocycles. The minimum Gasteiger partial charge on any atom is -0.439 e. The van der Waals surface area contributed by atoms with Crippen LogP contribution in [0.2, 0.25) is 0 Å². The Morgan fingerprint density at radius 1 is 0.455 bits per heavy atom. The van der Waals surface area contributed by atoms with Gasteiger partial charge in [0.2, 0.25) is 0 Å². The maximum Gasteiger partial charge on any atom is 0.418 e. The van der Waals surface area contributed by atoms with Gasteiger partial charge < -0.3 is 9.47 Å². The third-order valence-electron chi connectivity index (χ3n) is 7.80. The van der Waals surface area contributed by atoms with Crippen LogP contribution in [0.4, 0.5) is 0 Å². The number of ether oxygens (including phenoxy) is 2. The first-order valence-electron chi connectivity index (χ1n) is 14.8. The van der Waals surface area contributed by atoms with Crippen LogP contribution in [0, 0.1) is 0 Å². The van der Waals surface area contributed by atoms with Crippen LogP contribution in [0.3, 0.4) is 0 Å². The molecule has 8 heteroatoms. The van der Waals surface area contributed by atoms with Crippen molar-refractivity contribution in [2.45, 2.75) is 33.2 Å². The second-order valence-electron chi connectivity index (χ2n) is 10.6. The zero-order valence-electron chi connectivity index (χ0n) is 24.2. The summed E-state index contributed by atoms with van der Waals surface area (Å²) in [6, 6.07) is 39.2. The molecule has 0 aromatic heterocycles. The fourth-order valence-corrected chi connectivity index (χ4v) is 12.4. The van der Waals surface area contributed by atoms with Crippen LogP contribution < -0.4 is 0 Å². The second kappa shape index (κ2) is 14.5. The summed E-state index contributed by atoms with van der Waals surface area (Å²) in [5, 5.41) is 0. The first kappa shape index (κ1) is 31.2. The minimum absolute atomic E-state index is 0.143. The van der Waals surface area contributed by atoms with Gasteiger partial charge in [-0.1, -0.05) is 121 Å². The summed E-state index contributed by atoms with van der Waals surface area (Å²) in [5.41, 5.74) is 0.936.